The Labute approximate surface area is 144 Å². The highest BCUT2D eigenvalue weighted by molar-refractivity contribution is 8.06. The van der Waals surface area contributed by atoms with Gasteiger partial charge in [-0.05, 0) is 12.1 Å². The summed E-state index contributed by atoms with van der Waals surface area (Å²) in [5, 5.41) is 9.26. The molecule has 9 heteroatoms. The monoisotopic (exact) mass is 367 g/mol. The summed E-state index contributed by atoms with van der Waals surface area (Å²) in [6, 6.07) is 7.67. The fourth-order valence-electron chi connectivity index (χ4n) is 2.73. The van der Waals surface area contributed by atoms with Crippen molar-refractivity contribution in [1.82, 2.24) is 9.88 Å². The Morgan fingerprint density at radius 1 is 1.48 bits per heavy atom. The third kappa shape index (κ3) is 2.34. The molecule has 2 aliphatic rings. The molecule has 4 rings (SSSR count). The number of thiazole rings is 1. The Hall–Kier alpha value is -1.29. The predicted molar refractivity (Wildman–Crippen MR) is 91.5 cm³/mol. The lowest BCUT2D eigenvalue weighted by Crippen LogP contribution is -2.68. The van der Waals surface area contributed by atoms with Crippen LogP contribution in [-0.2, 0) is 9.59 Å². The van der Waals surface area contributed by atoms with E-state index in [0.29, 0.717) is 10.8 Å². The lowest BCUT2D eigenvalue weighted by molar-refractivity contribution is -0.147. The van der Waals surface area contributed by atoms with E-state index in [2.05, 4.69) is 4.98 Å². The number of carboxylic acid groups (broad SMARTS) is 1. The van der Waals surface area contributed by atoms with Crippen LogP contribution < -0.4 is 5.73 Å². The maximum Gasteiger partial charge on any atom is 0.324 e. The molecule has 6 nitrogen and oxygen atoms in total. The molecule has 2 unspecified atom stereocenters. The average Bonchev–Trinajstić information content (AvgIpc) is 2.91. The Kier molecular flexibility index (Phi) is 3.56. The van der Waals surface area contributed by atoms with Crippen molar-refractivity contribution >= 4 is 57.0 Å². The van der Waals surface area contributed by atoms with Crippen LogP contribution in [0.1, 0.15) is 6.42 Å². The number of carbonyl (C=O) groups excluding carboxylic acids is 1. The number of aromatic nitrogens is 1. The van der Waals surface area contributed by atoms with Crippen molar-refractivity contribution in [1.29, 1.82) is 0 Å². The van der Waals surface area contributed by atoms with Gasteiger partial charge in [0, 0.05) is 6.54 Å². The fraction of sp³-hybridized carbons (Fsp3) is 0.357. The van der Waals surface area contributed by atoms with Gasteiger partial charge in [-0.25, -0.2) is 4.98 Å². The summed E-state index contributed by atoms with van der Waals surface area (Å²) in [7, 11) is 0. The third-order valence-corrected chi connectivity index (χ3v) is 8.19. The van der Waals surface area contributed by atoms with Gasteiger partial charge < -0.3 is 15.7 Å². The molecule has 2 fully saturated rings. The van der Waals surface area contributed by atoms with E-state index in [1.54, 1.807) is 4.90 Å². The number of aliphatic carboxylic acids is 1. The molecule has 2 aliphatic heterocycles. The number of nitrogens with two attached hydrogens (primary N) is 1. The Balaban J connectivity index is 1.69. The molecule has 0 spiro atoms. The molecule has 0 bridgehead atoms. The Morgan fingerprint density at radius 3 is 2.96 bits per heavy atom. The molecule has 2 aromatic rings. The number of rotatable bonds is 3. The van der Waals surface area contributed by atoms with Crippen molar-refractivity contribution < 1.29 is 14.7 Å². The van der Waals surface area contributed by atoms with E-state index in [-0.39, 0.29) is 17.8 Å². The summed E-state index contributed by atoms with van der Waals surface area (Å²) in [6.07, 6.45) is 0.444. The SMILES string of the molecule is NC1S[C@@H]2CC(=O)N2CC1(Sc1nc2ccccc2s1)C(=O)O. The van der Waals surface area contributed by atoms with Gasteiger partial charge in [0.25, 0.3) is 0 Å². The van der Waals surface area contributed by atoms with Crippen LogP contribution in [0.15, 0.2) is 28.6 Å². The molecule has 1 aromatic carbocycles. The normalized spacial score (nSPS) is 30.1. The van der Waals surface area contributed by atoms with Crippen molar-refractivity contribution in [3.63, 3.8) is 0 Å². The first kappa shape index (κ1) is 15.3. The number of para-hydroxylation sites is 1. The molecule has 1 aromatic heterocycles. The van der Waals surface area contributed by atoms with Crippen LogP contribution in [0.5, 0.6) is 0 Å². The van der Waals surface area contributed by atoms with Gasteiger partial charge in [-0.1, -0.05) is 23.9 Å². The van der Waals surface area contributed by atoms with Crippen molar-refractivity contribution in [2.24, 2.45) is 5.73 Å². The van der Waals surface area contributed by atoms with Crippen molar-refractivity contribution in [2.45, 2.75) is 26.3 Å². The molecular formula is C14H13N3O3S3. The summed E-state index contributed by atoms with van der Waals surface area (Å²) in [6.45, 7) is 0.126. The minimum atomic E-state index is -1.27. The number of benzene rings is 1. The number of nitrogens with zero attached hydrogens (tertiary/aromatic N) is 2. The molecule has 3 atom stereocenters. The van der Waals surface area contributed by atoms with Gasteiger partial charge in [0.15, 0.2) is 9.09 Å². The lowest BCUT2D eigenvalue weighted by atomic mass is 10.0. The highest BCUT2D eigenvalue weighted by atomic mass is 32.2. The number of carbonyl (C=O) groups is 2. The standard InChI is InChI=1S/C14H13N3O3S3/c15-11-14(12(19)20,6-17-9(18)5-10(17)22-11)23-13-16-7-3-1-2-4-8(7)21-13/h1-4,10-11H,5-6,15H2,(H,19,20)/t10-,11?,14?/m1/s1. The maximum absolute atomic E-state index is 12.0. The van der Waals surface area contributed by atoms with Crippen LogP contribution in [0.4, 0.5) is 0 Å². The van der Waals surface area contributed by atoms with Crippen molar-refractivity contribution in [3.05, 3.63) is 24.3 Å². The second-order valence-corrected chi connectivity index (χ2v) is 9.41. The number of amides is 1. The van der Waals surface area contributed by atoms with Crippen LogP contribution >= 0.6 is 34.9 Å². The first-order valence-electron chi connectivity index (χ1n) is 6.98. The third-order valence-electron chi connectivity index (χ3n) is 4.09. The summed E-state index contributed by atoms with van der Waals surface area (Å²) in [5.41, 5.74) is 7.03. The van der Waals surface area contributed by atoms with Crippen LogP contribution in [0.3, 0.4) is 0 Å². The quantitative estimate of drug-likeness (QED) is 0.799. The van der Waals surface area contributed by atoms with Crippen LogP contribution in [0.25, 0.3) is 10.2 Å². The first-order chi connectivity index (χ1) is 11.0. The van der Waals surface area contributed by atoms with Gasteiger partial charge in [-0.3, -0.25) is 9.59 Å². The molecule has 2 saturated heterocycles. The number of carboxylic acids is 1. The van der Waals surface area contributed by atoms with Gasteiger partial charge in [-0.2, -0.15) is 0 Å². The first-order valence-corrected chi connectivity index (χ1v) is 9.56. The van der Waals surface area contributed by atoms with Crippen molar-refractivity contribution in [2.75, 3.05) is 6.54 Å². The van der Waals surface area contributed by atoms with E-state index in [9.17, 15) is 14.7 Å². The average molecular weight is 367 g/mol. The number of thioether (sulfide) groups is 2. The maximum atomic E-state index is 12.0. The summed E-state index contributed by atoms with van der Waals surface area (Å²) >= 11 is 3.97. The number of hydrogen-bond acceptors (Lipinski definition) is 7. The van der Waals surface area contributed by atoms with E-state index in [4.69, 9.17) is 5.73 Å². The van der Waals surface area contributed by atoms with E-state index < -0.39 is 16.1 Å². The van der Waals surface area contributed by atoms with Gasteiger partial charge in [0.05, 0.1) is 27.4 Å². The molecule has 0 aliphatic carbocycles. The highest BCUT2D eigenvalue weighted by Crippen LogP contribution is 2.49. The van der Waals surface area contributed by atoms with E-state index in [0.717, 1.165) is 22.0 Å². The Bertz CT molecular complexity index is 778. The predicted octanol–water partition coefficient (Wildman–Crippen LogP) is 1.80. The van der Waals surface area contributed by atoms with Crippen LogP contribution in [0.2, 0.25) is 0 Å². The van der Waals surface area contributed by atoms with E-state index >= 15 is 0 Å². The zero-order valence-electron chi connectivity index (χ0n) is 11.8. The van der Waals surface area contributed by atoms with Gasteiger partial charge >= 0.3 is 5.97 Å². The minimum Gasteiger partial charge on any atom is -0.480 e. The van der Waals surface area contributed by atoms with E-state index in [1.165, 1.54) is 23.1 Å². The summed E-state index contributed by atoms with van der Waals surface area (Å²) in [5.74, 6) is -1.01. The largest absolute Gasteiger partial charge is 0.480 e. The Morgan fingerprint density at radius 2 is 2.26 bits per heavy atom. The molecule has 23 heavy (non-hydrogen) atoms. The topological polar surface area (TPSA) is 96.5 Å². The molecule has 1 amide bonds. The smallest absolute Gasteiger partial charge is 0.324 e. The minimum absolute atomic E-state index is 0.00933. The molecule has 3 N–H and O–H groups in total. The summed E-state index contributed by atoms with van der Waals surface area (Å²) in [4.78, 5) is 29.9. The summed E-state index contributed by atoms with van der Waals surface area (Å²) < 4.78 is 0.395. The molecule has 0 radical (unpaired) electrons. The van der Waals surface area contributed by atoms with Gasteiger partial charge in [-0.15, -0.1) is 23.1 Å². The second kappa shape index (κ2) is 5.37. The van der Waals surface area contributed by atoms with Gasteiger partial charge in [0.2, 0.25) is 5.91 Å². The van der Waals surface area contributed by atoms with Gasteiger partial charge in [0.1, 0.15) is 0 Å². The number of fused-ring (bicyclic) bond motifs is 2. The molecule has 120 valence electrons. The van der Waals surface area contributed by atoms with Crippen molar-refractivity contribution in [3.8, 4) is 0 Å². The number of β-lactam (4-membered cyclic amide) rings is 1. The second-order valence-electron chi connectivity index (χ2n) is 5.48. The fourth-order valence-corrected chi connectivity index (χ4v) is 6.80. The van der Waals surface area contributed by atoms with Crippen LogP contribution in [-0.4, -0.2) is 48.9 Å². The number of hydrogen-bond donors (Lipinski definition) is 2. The highest BCUT2D eigenvalue weighted by Gasteiger charge is 2.57. The van der Waals surface area contributed by atoms with E-state index in [1.807, 2.05) is 24.3 Å². The zero-order chi connectivity index (χ0) is 16.2. The molecule has 3 heterocycles. The zero-order valence-corrected chi connectivity index (χ0v) is 14.3. The molecular weight excluding hydrogens is 354 g/mol. The van der Waals surface area contributed by atoms with Crippen LogP contribution in [0, 0.1) is 0 Å². The lowest BCUT2D eigenvalue weighted by Gasteiger charge is -2.51. The molecule has 0 saturated carbocycles.